The maximum absolute atomic E-state index is 12.6. The molecule has 9 heteroatoms. The van der Waals surface area contributed by atoms with Crippen LogP contribution in [0.4, 0.5) is 0 Å². The first-order valence-corrected chi connectivity index (χ1v) is 8.66. The lowest BCUT2D eigenvalue weighted by Crippen LogP contribution is -2.38. The third kappa shape index (κ3) is 2.68. The average molecular weight is 379 g/mol. The van der Waals surface area contributed by atoms with E-state index in [1.54, 1.807) is 4.57 Å². The fourth-order valence-electron chi connectivity index (χ4n) is 3.24. The van der Waals surface area contributed by atoms with E-state index in [9.17, 15) is 19.2 Å². The maximum atomic E-state index is 12.6. The summed E-state index contributed by atoms with van der Waals surface area (Å²) in [6.07, 6.45) is 0.558. The molecule has 0 radical (unpaired) electrons. The normalized spacial score (nSPS) is 11.4. The Bertz CT molecular complexity index is 1400. The molecule has 0 aliphatic carbocycles. The molecular formula is C19H17N5O4. The fourth-order valence-corrected chi connectivity index (χ4v) is 3.24. The SMILES string of the molecule is Cn1c(=O)nc2n(CCc3ccccc3)c3[nH]c(=O)n(C)c(=O)c3cc-2c1=O. The summed E-state index contributed by atoms with van der Waals surface area (Å²) in [6, 6.07) is 11.0. The number of aromatic nitrogens is 5. The summed E-state index contributed by atoms with van der Waals surface area (Å²) in [5.74, 6) is 0.139. The lowest BCUT2D eigenvalue weighted by Gasteiger charge is -2.18. The van der Waals surface area contributed by atoms with Crippen molar-refractivity contribution in [3.63, 3.8) is 0 Å². The van der Waals surface area contributed by atoms with Gasteiger partial charge in [0.15, 0.2) is 5.82 Å². The molecule has 0 atom stereocenters. The Morgan fingerprint density at radius 2 is 1.68 bits per heavy atom. The van der Waals surface area contributed by atoms with Gasteiger partial charge < -0.3 is 4.57 Å². The highest BCUT2D eigenvalue weighted by Gasteiger charge is 2.21. The van der Waals surface area contributed by atoms with Crippen LogP contribution in [0.2, 0.25) is 0 Å². The van der Waals surface area contributed by atoms with Gasteiger partial charge in [-0.25, -0.2) is 9.59 Å². The van der Waals surface area contributed by atoms with Gasteiger partial charge in [-0.05, 0) is 18.1 Å². The number of hydrogen-bond acceptors (Lipinski definition) is 5. The van der Waals surface area contributed by atoms with Crippen molar-refractivity contribution in [2.75, 3.05) is 0 Å². The number of hydrogen-bond donors (Lipinski definition) is 1. The molecule has 2 aromatic rings. The van der Waals surface area contributed by atoms with Crippen LogP contribution in [0.25, 0.3) is 22.4 Å². The summed E-state index contributed by atoms with van der Waals surface area (Å²) in [6.45, 7) is 0.320. The Hall–Kier alpha value is -3.75. The standard InChI is InChI=1S/C19H17N5O4/c1-22-16(25)12-10-13-15(21-19(28)23(2)17(13)26)24(14(12)20-18(22)27)9-8-11-6-4-3-5-7-11/h3-7,10H,8-9H2,1-2H3,(H,20,27). The molecule has 0 fully saturated rings. The lowest BCUT2D eigenvalue weighted by atomic mass is 10.1. The molecule has 1 aromatic heterocycles. The smallest absolute Gasteiger partial charge is 0.311 e. The Morgan fingerprint density at radius 1 is 0.964 bits per heavy atom. The largest absolute Gasteiger partial charge is 0.352 e. The third-order valence-corrected chi connectivity index (χ3v) is 4.87. The Balaban J connectivity index is 2.08. The first-order chi connectivity index (χ1) is 13.4. The molecule has 2 aliphatic rings. The summed E-state index contributed by atoms with van der Waals surface area (Å²) in [5, 5.41) is 0.181. The van der Waals surface area contributed by atoms with Crippen molar-refractivity contribution >= 4 is 11.0 Å². The minimum atomic E-state index is -0.698. The van der Waals surface area contributed by atoms with E-state index in [2.05, 4.69) is 9.97 Å². The Kier molecular flexibility index (Phi) is 4.07. The van der Waals surface area contributed by atoms with Gasteiger partial charge in [-0.15, -0.1) is 0 Å². The molecule has 9 nitrogen and oxygen atoms in total. The van der Waals surface area contributed by atoms with E-state index >= 15 is 0 Å². The number of aryl methyl sites for hydroxylation is 2. The van der Waals surface area contributed by atoms with Crippen molar-refractivity contribution < 1.29 is 0 Å². The zero-order valence-corrected chi connectivity index (χ0v) is 15.3. The third-order valence-electron chi connectivity index (χ3n) is 4.87. The van der Waals surface area contributed by atoms with Gasteiger partial charge in [0.25, 0.3) is 11.1 Å². The molecule has 4 rings (SSSR count). The second-order valence-electron chi connectivity index (χ2n) is 6.58. The predicted octanol–water partition coefficient (Wildman–Crippen LogP) is -0.170. The summed E-state index contributed by atoms with van der Waals surface area (Å²) in [4.78, 5) is 56.2. The van der Waals surface area contributed by atoms with Crippen molar-refractivity contribution in [1.82, 2.24) is 23.7 Å². The molecule has 3 heterocycles. The van der Waals surface area contributed by atoms with Crippen molar-refractivity contribution in [3.05, 3.63) is 83.6 Å². The molecule has 1 N–H and O–H groups in total. The molecule has 0 unspecified atom stereocenters. The molecule has 2 aliphatic heterocycles. The topological polar surface area (TPSA) is 112 Å². The van der Waals surface area contributed by atoms with Gasteiger partial charge >= 0.3 is 11.4 Å². The number of pyridine rings is 1. The zero-order valence-electron chi connectivity index (χ0n) is 15.3. The summed E-state index contributed by atoms with van der Waals surface area (Å²) >= 11 is 0. The zero-order chi connectivity index (χ0) is 20.0. The van der Waals surface area contributed by atoms with E-state index in [0.717, 1.165) is 14.7 Å². The van der Waals surface area contributed by atoms with Crippen molar-refractivity contribution in [2.24, 2.45) is 14.1 Å². The monoisotopic (exact) mass is 379 g/mol. The van der Waals surface area contributed by atoms with E-state index in [4.69, 9.17) is 0 Å². The summed E-state index contributed by atoms with van der Waals surface area (Å²) in [7, 11) is 2.69. The van der Waals surface area contributed by atoms with Gasteiger partial charge in [0.2, 0.25) is 0 Å². The van der Waals surface area contributed by atoms with Gasteiger partial charge in [-0.1, -0.05) is 30.3 Å². The van der Waals surface area contributed by atoms with Gasteiger partial charge in [0, 0.05) is 20.6 Å². The number of aromatic amines is 1. The number of H-pyrrole nitrogens is 1. The van der Waals surface area contributed by atoms with Gasteiger partial charge in [-0.3, -0.25) is 23.7 Å². The molecule has 1 aromatic carbocycles. The van der Waals surface area contributed by atoms with Crippen LogP contribution in [0.5, 0.6) is 0 Å². The van der Waals surface area contributed by atoms with E-state index in [0.29, 0.717) is 13.0 Å². The second-order valence-corrected chi connectivity index (χ2v) is 6.58. The first-order valence-electron chi connectivity index (χ1n) is 8.66. The summed E-state index contributed by atoms with van der Waals surface area (Å²) in [5.41, 5.74) is -0.949. The lowest BCUT2D eigenvalue weighted by molar-refractivity contribution is 0.675. The highest BCUT2D eigenvalue weighted by atomic mass is 16.2. The molecule has 0 amide bonds. The minimum Gasteiger partial charge on any atom is -0.311 e. The van der Waals surface area contributed by atoms with Crippen LogP contribution < -0.4 is 22.5 Å². The second kappa shape index (κ2) is 6.45. The highest BCUT2D eigenvalue weighted by Crippen LogP contribution is 2.20. The van der Waals surface area contributed by atoms with Crippen LogP contribution in [0.1, 0.15) is 5.56 Å². The van der Waals surface area contributed by atoms with Gasteiger partial charge in [0.05, 0.1) is 10.9 Å². The number of nitrogens with one attached hydrogen (secondary N) is 1. The molecular weight excluding hydrogens is 362 g/mol. The van der Waals surface area contributed by atoms with Crippen LogP contribution >= 0.6 is 0 Å². The quantitative estimate of drug-likeness (QED) is 0.497. The number of fused-ring (bicyclic) bond motifs is 2. The van der Waals surface area contributed by atoms with Crippen LogP contribution in [0.3, 0.4) is 0 Å². The number of benzene rings is 1. The molecule has 142 valence electrons. The predicted molar refractivity (Wildman–Crippen MR) is 104 cm³/mol. The van der Waals surface area contributed by atoms with Crippen molar-refractivity contribution in [3.8, 4) is 11.4 Å². The average Bonchev–Trinajstić information content (AvgIpc) is 2.70. The molecule has 0 spiro atoms. The molecule has 0 saturated carbocycles. The maximum Gasteiger partial charge on any atom is 0.352 e. The molecule has 0 saturated heterocycles. The van der Waals surface area contributed by atoms with Crippen LogP contribution in [0.15, 0.2) is 55.6 Å². The van der Waals surface area contributed by atoms with Crippen LogP contribution in [0, 0.1) is 0 Å². The summed E-state index contributed by atoms with van der Waals surface area (Å²) < 4.78 is 3.39. The first kappa shape index (κ1) is 17.7. The van der Waals surface area contributed by atoms with Gasteiger partial charge in [0.1, 0.15) is 5.65 Å². The fraction of sp³-hybridized carbons (Fsp3) is 0.211. The Morgan fingerprint density at radius 3 is 2.39 bits per heavy atom. The van der Waals surface area contributed by atoms with Crippen LogP contribution in [-0.2, 0) is 27.1 Å². The highest BCUT2D eigenvalue weighted by molar-refractivity contribution is 5.81. The number of nitrogens with zero attached hydrogens (tertiary/aromatic N) is 4. The van der Waals surface area contributed by atoms with E-state index in [1.807, 2.05) is 30.3 Å². The van der Waals surface area contributed by atoms with Crippen molar-refractivity contribution in [1.29, 1.82) is 0 Å². The number of rotatable bonds is 3. The van der Waals surface area contributed by atoms with E-state index < -0.39 is 22.5 Å². The Labute approximate surface area is 157 Å². The minimum absolute atomic E-state index is 0.139. The van der Waals surface area contributed by atoms with Crippen molar-refractivity contribution in [2.45, 2.75) is 13.0 Å². The van der Waals surface area contributed by atoms with Crippen LogP contribution in [-0.4, -0.2) is 23.7 Å². The van der Waals surface area contributed by atoms with Gasteiger partial charge in [-0.2, -0.15) is 4.98 Å². The molecule has 28 heavy (non-hydrogen) atoms. The van der Waals surface area contributed by atoms with E-state index in [1.165, 1.54) is 20.2 Å². The molecule has 0 bridgehead atoms. The van der Waals surface area contributed by atoms with E-state index in [-0.39, 0.29) is 22.4 Å².